The van der Waals surface area contributed by atoms with Gasteiger partial charge in [0.1, 0.15) is 0 Å². The molecule has 1 heteroatoms. The Morgan fingerprint density at radius 3 is 2.74 bits per heavy atom. The van der Waals surface area contributed by atoms with Gasteiger partial charge < -0.3 is 0 Å². The van der Waals surface area contributed by atoms with Crippen LogP contribution in [0.3, 0.4) is 0 Å². The molecule has 0 spiro atoms. The first-order valence-electron chi connectivity index (χ1n) is 8.32. The van der Waals surface area contributed by atoms with Crippen molar-refractivity contribution in [3.05, 3.63) is 47.1 Å². The van der Waals surface area contributed by atoms with Crippen LogP contribution >= 0.6 is 0 Å². The highest BCUT2D eigenvalue weighted by Gasteiger charge is 2.26. The van der Waals surface area contributed by atoms with Gasteiger partial charge in [-0.1, -0.05) is 49.3 Å². The summed E-state index contributed by atoms with van der Waals surface area (Å²) in [6.45, 7) is 6.11. The third kappa shape index (κ3) is 5.02. The molecule has 0 saturated heterocycles. The quantitative estimate of drug-likeness (QED) is 0.504. The maximum absolute atomic E-state index is 11.3. The predicted octanol–water partition coefficient (Wildman–Crippen LogP) is 5.16. The number of rotatable bonds is 4. The van der Waals surface area contributed by atoms with Crippen molar-refractivity contribution in [3.8, 4) is 0 Å². The zero-order chi connectivity index (χ0) is 17.0. The smallest absolute Gasteiger partial charge is 0.152 e. The molecule has 0 amide bonds. The molecule has 1 rings (SSSR count). The van der Waals surface area contributed by atoms with Gasteiger partial charge in [0.25, 0.3) is 0 Å². The van der Waals surface area contributed by atoms with E-state index in [1.165, 1.54) is 30.1 Å². The first kappa shape index (κ1) is 11.5. The number of carbonyl (C=O) groups is 1. The third-order valence-electron chi connectivity index (χ3n) is 3.66. The van der Waals surface area contributed by atoms with Gasteiger partial charge in [0.05, 0.1) is 0 Å². The van der Waals surface area contributed by atoms with Gasteiger partial charge in [-0.3, -0.25) is 4.79 Å². The van der Waals surface area contributed by atoms with Gasteiger partial charge in [0, 0.05) is 4.11 Å². The molecule has 0 aromatic carbocycles. The van der Waals surface area contributed by atoms with Gasteiger partial charge in [0.15, 0.2) is 5.78 Å². The average molecular weight is 261 g/mol. The summed E-state index contributed by atoms with van der Waals surface area (Å²) < 4.78 is 21.0. The summed E-state index contributed by atoms with van der Waals surface area (Å²) in [4.78, 5) is 11.3. The number of allylic oxidation sites excluding steroid dienone is 8. The van der Waals surface area contributed by atoms with Crippen molar-refractivity contribution in [1.29, 1.82) is 0 Å². The van der Waals surface area contributed by atoms with Crippen molar-refractivity contribution in [3.63, 3.8) is 0 Å². The van der Waals surface area contributed by atoms with Crippen LogP contribution in [-0.2, 0) is 4.79 Å². The summed E-state index contributed by atoms with van der Waals surface area (Å²) in [6.07, 6.45) is 12.1. The van der Waals surface area contributed by atoms with E-state index in [2.05, 4.69) is 26.8 Å². The highest BCUT2D eigenvalue weighted by molar-refractivity contribution is 5.87. The number of ketones is 1. The lowest BCUT2D eigenvalue weighted by atomic mass is 9.72. The van der Waals surface area contributed by atoms with Crippen LogP contribution in [0.2, 0.25) is 0 Å². The predicted molar refractivity (Wildman–Crippen MR) is 83.1 cm³/mol. The van der Waals surface area contributed by atoms with Crippen molar-refractivity contribution < 1.29 is 8.91 Å². The molecule has 0 bridgehead atoms. The van der Waals surface area contributed by atoms with Crippen LogP contribution in [0, 0.1) is 5.41 Å². The van der Waals surface area contributed by atoms with E-state index in [0.717, 1.165) is 18.1 Å². The summed E-state index contributed by atoms with van der Waals surface area (Å²) in [6, 6.07) is 0. The lowest BCUT2D eigenvalue weighted by molar-refractivity contribution is -0.112. The van der Waals surface area contributed by atoms with E-state index in [9.17, 15) is 4.79 Å². The summed E-state index contributed by atoms with van der Waals surface area (Å²) in [5, 5.41) is 0. The molecule has 0 heterocycles. The monoisotopic (exact) mass is 261 g/mol. The van der Waals surface area contributed by atoms with Crippen molar-refractivity contribution in [1.82, 2.24) is 0 Å². The minimum atomic E-state index is -2.55. The molecular weight excluding hydrogens is 232 g/mol. The molecule has 1 aliphatic rings. The molecule has 0 saturated carbocycles. The number of hydrogen-bond donors (Lipinski definition) is 0. The third-order valence-corrected chi connectivity index (χ3v) is 3.66. The topological polar surface area (TPSA) is 17.1 Å². The van der Waals surface area contributed by atoms with Crippen LogP contribution in [-0.4, -0.2) is 5.78 Å². The van der Waals surface area contributed by atoms with Gasteiger partial charge in [-0.2, -0.15) is 0 Å². The van der Waals surface area contributed by atoms with Crippen LogP contribution in [0.5, 0.6) is 0 Å². The van der Waals surface area contributed by atoms with E-state index in [4.69, 9.17) is 4.11 Å². The molecule has 104 valence electrons. The van der Waals surface area contributed by atoms with Gasteiger partial charge in [-0.25, -0.2) is 0 Å². The normalized spacial score (nSPS) is 23.6. The Balaban J connectivity index is 2.80. The fourth-order valence-corrected chi connectivity index (χ4v) is 2.57. The van der Waals surface area contributed by atoms with Crippen molar-refractivity contribution in [2.75, 3.05) is 0 Å². The molecule has 0 aliphatic heterocycles. The summed E-state index contributed by atoms with van der Waals surface area (Å²) in [5.41, 5.74) is 4.00. The summed E-state index contributed by atoms with van der Waals surface area (Å²) >= 11 is 0. The molecule has 0 fully saturated rings. The molecule has 0 unspecified atom stereocenters. The lowest BCUT2D eigenvalue weighted by Crippen LogP contribution is -2.19. The lowest BCUT2D eigenvalue weighted by Gasteiger charge is -2.32. The minimum Gasteiger partial charge on any atom is -0.295 e. The molecular formula is C18H26O. The summed E-state index contributed by atoms with van der Waals surface area (Å²) in [5.74, 6) is -0.840. The van der Waals surface area contributed by atoms with Crippen molar-refractivity contribution in [2.45, 2.75) is 53.8 Å². The molecule has 0 aromatic heterocycles. The Hall–Kier alpha value is -1.37. The fraction of sp³-hybridized carbons (Fsp3) is 0.500. The van der Waals surface area contributed by atoms with E-state index in [1.807, 2.05) is 13.0 Å². The minimum absolute atomic E-state index is 0.201. The van der Waals surface area contributed by atoms with Crippen LogP contribution in [0.1, 0.15) is 57.9 Å². The maximum atomic E-state index is 11.3. The Morgan fingerprint density at radius 1 is 1.37 bits per heavy atom. The second-order valence-corrected chi connectivity index (χ2v) is 5.90. The van der Waals surface area contributed by atoms with Crippen molar-refractivity contribution in [2.24, 2.45) is 5.41 Å². The maximum Gasteiger partial charge on any atom is 0.152 e. The van der Waals surface area contributed by atoms with Crippen molar-refractivity contribution >= 4 is 5.78 Å². The molecule has 0 N–H and O–H groups in total. The first-order chi connectivity index (χ1) is 10.0. The zero-order valence-electron chi connectivity index (χ0n) is 15.4. The first-order valence-corrected chi connectivity index (χ1v) is 6.82. The highest BCUT2D eigenvalue weighted by Crippen LogP contribution is 2.40. The zero-order valence-corrected chi connectivity index (χ0v) is 12.4. The molecule has 0 aromatic rings. The molecule has 1 nitrogen and oxygen atoms in total. The molecule has 0 atom stereocenters. The number of carbonyl (C=O) groups excluding carboxylic acids is 1. The van der Waals surface area contributed by atoms with Gasteiger partial charge in [-0.05, 0) is 57.0 Å². The Bertz CT molecular complexity index is 543. The second-order valence-electron chi connectivity index (χ2n) is 5.90. The Morgan fingerprint density at radius 2 is 2.11 bits per heavy atom. The van der Waals surface area contributed by atoms with Crippen LogP contribution < -0.4 is 0 Å². The van der Waals surface area contributed by atoms with E-state index >= 15 is 0 Å². The van der Waals surface area contributed by atoms with Gasteiger partial charge in [0.2, 0.25) is 0 Å². The van der Waals surface area contributed by atoms with Gasteiger partial charge in [-0.15, -0.1) is 0 Å². The van der Waals surface area contributed by atoms with E-state index in [0.29, 0.717) is 0 Å². The largest absolute Gasteiger partial charge is 0.295 e. The fourth-order valence-electron chi connectivity index (χ4n) is 2.57. The Kier molecular flexibility index (Phi) is 4.04. The van der Waals surface area contributed by atoms with E-state index in [1.54, 1.807) is 6.08 Å². The van der Waals surface area contributed by atoms with Crippen LogP contribution in [0.25, 0.3) is 0 Å². The summed E-state index contributed by atoms with van der Waals surface area (Å²) in [7, 11) is 0. The van der Waals surface area contributed by atoms with E-state index < -0.39 is 12.6 Å². The molecule has 0 radical (unpaired) electrons. The van der Waals surface area contributed by atoms with Crippen LogP contribution in [0.4, 0.5) is 0 Å². The SMILES string of the molecule is [2H]C([2H])([2H])C(=O)\C=C/C=C(C)/C=C/C1=C(C)CCCC1(C)C. The van der Waals surface area contributed by atoms with Gasteiger partial charge >= 0.3 is 0 Å². The molecule has 1 aliphatic carbocycles. The standard InChI is InChI=1S/C18H26O/c1-14(8-6-10-16(3)19)11-12-17-15(2)9-7-13-18(17,4)5/h6,8,10-12H,7,9,13H2,1-5H3/b10-6-,12-11+,14-8+/i3D3. The average Bonchev–Trinajstić information content (AvgIpc) is 2.36. The number of hydrogen-bond acceptors (Lipinski definition) is 1. The highest BCUT2D eigenvalue weighted by atomic mass is 16.1. The second kappa shape index (κ2) is 6.70. The Labute approximate surface area is 122 Å². The van der Waals surface area contributed by atoms with E-state index in [-0.39, 0.29) is 5.41 Å². The van der Waals surface area contributed by atoms with Crippen LogP contribution in [0.15, 0.2) is 47.1 Å². The molecule has 19 heavy (non-hydrogen) atoms.